The van der Waals surface area contributed by atoms with E-state index in [0.29, 0.717) is 12.3 Å². The minimum Gasteiger partial charge on any atom is -0.481 e. The Morgan fingerprint density at radius 1 is 0.917 bits per heavy atom. The first-order chi connectivity index (χ1) is 11.7. The van der Waals surface area contributed by atoms with Gasteiger partial charge in [-0.2, -0.15) is 0 Å². The molecular weight excluding hydrogens is 315 g/mol. The predicted molar refractivity (Wildman–Crippen MR) is 104 cm³/mol. The lowest BCUT2D eigenvalue weighted by Crippen LogP contribution is -2.22. The summed E-state index contributed by atoms with van der Waals surface area (Å²) in [5.41, 5.74) is 0. The van der Waals surface area contributed by atoms with Gasteiger partial charge in [-0.05, 0) is 43.5 Å². The van der Waals surface area contributed by atoms with Crippen molar-refractivity contribution in [2.45, 2.75) is 33.1 Å². The standard InChI is InChI=1S/C21H27O2P/c1-3-17(15-18(4-2)21(22)23)16-24(19-11-7-5-8-12-19)20-13-9-6-10-14-20/h5-14,17-18H,3-4,15-16H2,1-2H3,(H,22,23). The van der Waals surface area contributed by atoms with Crippen LogP contribution in [0.25, 0.3) is 0 Å². The smallest absolute Gasteiger partial charge is 0.306 e. The zero-order valence-corrected chi connectivity index (χ0v) is 15.5. The maximum Gasteiger partial charge on any atom is 0.306 e. The molecule has 0 aliphatic rings. The maximum atomic E-state index is 11.4. The molecular formula is C21H27O2P. The Balaban J connectivity index is 2.22. The van der Waals surface area contributed by atoms with Crippen LogP contribution in [0.3, 0.4) is 0 Å². The number of carboxylic acids is 1. The van der Waals surface area contributed by atoms with Gasteiger partial charge in [0, 0.05) is 0 Å². The van der Waals surface area contributed by atoms with E-state index in [1.807, 2.05) is 6.92 Å². The zero-order valence-electron chi connectivity index (χ0n) is 14.6. The number of benzene rings is 2. The highest BCUT2D eigenvalue weighted by Crippen LogP contribution is 2.38. The molecule has 0 spiro atoms. The molecule has 0 bridgehead atoms. The van der Waals surface area contributed by atoms with Crippen molar-refractivity contribution in [2.75, 3.05) is 6.16 Å². The Morgan fingerprint density at radius 2 is 1.42 bits per heavy atom. The SMILES string of the molecule is CCC(CC(CC)C(=O)O)CP(c1ccccc1)c1ccccc1. The van der Waals surface area contributed by atoms with Crippen molar-refractivity contribution >= 4 is 24.5 Å². The predicted octanol–water partition coefficient (Wildman–Crippen LogP) is 4.65. The molecule has 0 radical (unpaired) electrons. The third-order valence-electron chi connectivity index (χ3n) is 4.61. The van der Waals surface area contributed by atoms with Gasteiger partial charge in [-0.25, -0.2) is 0 Å². The second-order valence-electron chi connectivity index (χ2n) is 6.24. The molecule has 0 saturated carbocycles. The number of hydrogen-bond donors (Lipinski definition) is 1. The molecule has 2 aromatic carbocycles. The molecule has 0 heterocycles. The number of rotatable bonds is 9. The summed E-state index contributed by atoms with van der Waals surface area (Å²) in [5.74, 6) is -0.435. The summed E-state index contributed by atoms with van der Waals surface area (Å²) in [6, 6.07) is 21.3. The summed E-state index contributed by atoms with van der Waals surface area (Å²) in [6.45, 7) is 4.16. The van der Waals surface area contributed by atoms with E-state index in [9.17, 15) is 9.90 Å². The first-order valence-electron chi connectivity index (χ1n) is 8.76. The summed E-state index contributed by atoms with van der Waals surface area (Å²) < 4.78 is 0. The molecule has 128 valence electrons. The normalized spacial score (nSPS) is 13.6. The third kappa shape index (κ3) is 5.18. The van der Waals surface area contributed by atoms with Gasteiger partial charge >= 0.3 is 5.97 Å². The van der Waals surface area contributed by atoms with Crippen LogP contribution in [0.4, 0.5) is 0 Å². The second-order valence-corrected chi connectivity index (χ2v) is 8.49. The van der Waals surface area contributed by atoms with Crippen molar-refractivity contribution in [2.24, 2.45) is 11.8 Å². The van der Waals surface area contributed by atoms with Crippen molar-refractivity contribution in [1.29, 1.82) is 0 Å². The van der Waals surface area contributed by atoms with Gasteiger partial charge in [0.1, 0.15) is 0 Å². The van der Waals surface area contributed by atoms with E-state index in [-0.39, 0.29) is 5.92 Å². The summed E-state index contributed by atoms with van der Waals surface area (Å²) in [5, 5.41) is 12.1. The quantitative estimate of drug-likeness (QED) is 0.674. The van der Waals surface area contributed by atoms with Crippen LogP contribution in [-0.4, -0.2) is 17.2 Å². The number of hydrogen-bond acceptors (Lipinski definition) is 1. The molecule has 2 rings (SSSR count). The Kier molecular flexibility index (Phi) is 7.46. The number of carbonyl (C=O) groups is 1. The molecule has 0 aromatic heterocycles. The average molecular weight is 342 g/mol. The molecule has 0 fully saturated rings. The first kappa shape index (κ1) is 18.7. The van der Waals surface area contributed by atoms with E-state index < -0.39 is 13.9 Å². The van der Waals surface area contributed by atoms with Crippen molar-refractivity contribution in [3.63, 3.8) is 0 Å². The van der Waals surface area contributed by atoms with Gasteiger partial charge in [-0.15, -0.1) is 0 Å². The summed E-state index contributed by atoms with van der Waals surface area (Å²) in [7, 11) is -0.444. The Morgan fingerprint density at radius 3 is 1.79 bits per heavy atom. The first-order valence-corrected chi connectivity index (χ1v) is 10.3. The van der Waals surface area contributed by atoms with E-state index in [0.717, 1.165) is 19.0 Å². The fourth-order valence-corrected chi connectivity index (χ4v) is 5.76. The summed E-state index contributed by atoms with van der Waals surface area (Å²) in [6.07, 6.45) is 3.58. The number of aliphatic carboxylic acids is 1. The van der Waals surface area contributed by atoms with Gasteiger partial charge in [-0.1, -0.05) is 80.9 Å². The largest absolute Gasteiger partial charge is 0.481 e. The van der Waals surface area contributed by atoms with E-state index in [1.54, 1.807) is 0 Å². The van der Waals surface area contributed by atoms with Crippen LogP contribution in [0.5, 0.6) is 0 Å². The van der Waals surface area contributed by atoms with Crippen molar-refractivity contribution < 1.29 is 9.90 Å². The summed E-state index contributed by atoms with van der Waals surface area (Å²) >= 11 is 0. The van der Waals surface area contributed by atoms with Crippen LogP contribution in [0.1, 0.15) is 33.1 Å². The van der Waals surface area contributed by atoms with Crippen LogP contribution in [0.2, 0.25) is 0 Å². The van der Waals surface area contributed by atoms with Crippen molar-refractivity contribution in [3.05, 3.63) is 60.7 Å². The van der Waals surface area contributed by atoms with Gasteiger partial charge in [0.15, 0.2) is 0 Å². The Labute approximate surface area is 146 Å². The van der Waals surface area contributed by atoms with E-state index in [2.05, 4.69) is 67.6 Å². The van der Waals surface area contributed by atoms with Crippen LogP contribution in [-0.2, 0) is 4.79 Å². The Hall–Kier alpha value is -1.66. The molecule has 24 heavy (non-hydrogen) atoms. The topological polar surface area (TPSA) is 37.3 Å². The summed E-state index contributed by atoms with van der Waals surface area (Å²) in [4.78, 5) is 11.4. The van der Waals surface area contributed by atoms with Crippen LogP contribution < -0.4 is 10.6 Å². The molecule has 0 aliphatic heterocycles. The van der Waals surface area contributed by atoms with E-state index in [1.165, 1.54) is 10.6 Å². The highest BCUT2D eigenvalue weighted by atomic mass is 31.1. The lowest BCUT2D eigenvalue weighted by atomic mass is 9.92. The molecule has 2 unspecified atom stereocenters. The minimum absolute atomic E-state index is 0.224. The molecule has 0 amide bonds. The Bertz CT molecular complexity index is 573. The number of carboxylic acid groups (broad SMARTS) is 1. The highest BCUT2D eigenvalue weighted by Gasteiger charge is 2.24. The molecule has 0 aliphatic carbocycles. The van der Waals surface area contributed by atoms with Gasteiger partial charge in [0.25, 0.3) is 0 Å². The van der Waals surface area contributed by atoms with Gasteiger partial charge in [0.05, 0.1) is 5.92 Å². The van der Waals surface area contributed by atoms with Crippen molar-refractivity contribution in [3.8, 4) is 0 Å². The molecule has 0 saturated heterocycles. The lowest BCUT2D eigenvalue weighted by molar-refractivity contribution is -0.142. The molecule has 2 nitrogen and oxygen atoms in total. The van der Waals surface area contributed by atoms with Crippen LogP contribution >= 0.6 is 7.92 Å². The van der Waals surface area contributed by atoms with Crippen LogP contribution in [0.15, 0.2) is 60.7 Å². The second kappa shape index (κ2) is 9.59. The molecule has 2 aromatic rings. The van der Waals surface area contributed by atoms with Gasteiger partial charge < -0.3 is 5.11 Å². The maximum absolute atomic E-state index is 11.4. The van der Waals surface area contributed by atoms with E-state index >= 15 is 0 Å². The van der Waals surface area contributed by atoms with Crippen molar-refractivity contribution in [1.82, 2.24) is 0 Å². The lowest BCUT2D eigenvalue weighted by Gasteiger charge is -2.26. The van der Waals surface area contributed by atoms with Gasteiger partial charge in [0.2, 0.25) is 0 Å². The van der Waals surface area contributed by atoms with Crippen LogP contribution in [0, 0.1) is 11.8 Å². The fourth-order valence-electron chi connectivity index (χ4n) is 3.05. The average Bonchev–Trinajstić information content (AvgIpc) is 2.63. The van der Waals surface area contributed by atoms with E-state index in [4.69, 9.17) is 0 Å². The molecule has 3 heteroatoms. The highest BCUT2D eigenvalue weighted by molar-refractivity contribution is 7.73. The van der Waals surface area contributed by atoms with Gasteiger partial charge in [-0.3, -0.25) is 4.79 Å². The third-order valence-corrected chi connectivity index (χ3v) is 7.34. The molecule has 2 atom stereocenters. The minimum atomic E-state index is -0.653. The fraction of sp³-hybridized carbons (Fsp3) is 0.381. The molecule has 1 N–H and O–H groups in total. The zero-order chi connectivity index (χ0) is 17.4. The monoisotopic (exact) mass is 342 g/mol.